The van der Waals surface area contributed by atoms with Gasteiger partial charge in [0.05, 0.1) is 17.6 Å². The largest absolute Gasteiger partial charge is 0.497 e. The molecule has 0 bridgehead atoms. The number of aliphatic carboxylic acids is 1. The Labute approximate surface area is 223 Å². The molecule has 1 aliphatic heterocycles. The summed E-state index contributed by atoms with van der Waals surface area (Å²) in [6, 6.07) is 10.2. The van der Waals surface area contributed by atoms with Crippen LogP contribution in [0.1, 0.15) is 55.4 Å². The molecule has 2 aromatic heterocycles. The summed E-state index contributed by atoms with van der Waals surface area (Å²) in [5, 5.41) is 13.4. The van der Waals surface area contributed by atoms with Crippen LogP contribution in [0.15, 0.2) is 41.9 Å². The number of hydrogen-bond acceptors (Lipinski definition) is 5. The number of pyridine rings is 1. The summed E-state index contributed by atoms with van der Waals surface area (Å²) in [4.78, 5) is 19.7. The van der Waals surface area contributed by atoms with Crippen molar-refractivity contribution < 1.29 is 14.6 Å². The van der Waals surface area contributed by atoms with Crippen LogP contribution in [0, 0.1) is 11.8 Å². The highest BCUT2D eigenvalue weighted by atomic mass is 35.5. The Morgan fingerprint density at radius 1 is 1.17 bits per heavy atom. The zero-order valence-corrected chi connectivity index (χ0v) is 22.7. The predicted molar refractivity (Wildman–Crippen MR) is 148 cm³/mol. The highest BCUT2D eigenvalue weighted by molar-refractivity contribution is 7.10. The van der Waals surface area contributed by atoms with Gasteiger partial charge in [-0.15, -0.1) is 11.3 Å². The van der Waals surface area contributed by atoms with E-state index in [2.05, 4.69) is 27.4 Å². The quantitative estimate of drug-likeness (QED) is 0.239. The van der Waals surface area contributed by atoms with Gasteiger partial charge in [0.15, 0.2) is 0 Å². The molecule has 36 heavy (non-hydrogen) atoms. The number of nitrogens with zero attached hydrogens (tertiary/aromatic N) is 2. The standard InChI is InChI=1S/C29H37ClN2O3S/c1-35-24-9-10-27-25(19-24)22(12-15-31-27)6-4-5-21-13-17-32(20-23(21)8-11-29(33)34)16-3-2-7-28-26(30)14-18-36-28/h9-10,12,14-15,18-19,21,23H,2-8,11,13,16-17,20H2,1H3,(H,33,34)/t21-,23+/m1/s1. The number of aromatic nitrogens is 1. The molecule has 7 heteroatoms. The van der Waals surface area contributed by atoms with Crippen LogP contribution in [0.5, 0.6) is 5.75 Å². The maximum atomic E-state index is 11.3. The second kappa shape index (κ2) is 13.4. The third-order valence-corrected chi connectivity index (χ3v) is 9.03. The average molecular weight is 529 g/mol. The van der Waals surface area contributed by atoms with Crippen molar-refractivity contribution >= 4 is 39.8 Å². The fraction of sp³-hybridized carbons (Fsp3) is 0.517. The molecular weight excluding hydrogens is 492 g/mol. The van der Waals surface area contributed by atoms with Crippen LogP contribution in [-0.4, -0.2) is 47.7 Å². The Hall–Kier alpha value is -2.15. The van der Waals surface area contributed by atoms with Crippen LogP contribution >= 0.6 is 22.9 Å². The summed E-state index contributed by atoms with van der Waals surface area (Å²) in [5.74, 6) is 1.22. The molecule has 4 rings (SSSR count). The number of thiophene rings is 1. The number of ether oxygens (including phenoxy) is 1. The monoisotopic (exact) mass is 528 g/mol. The van der Waals surface area contributed by atoms with Gasteiger partial charge in [0.1, 0.15) is 5.75 Å². The lowest BCUT2D eigenvalue weighted by Crippen LogP contribution is -2.41. The minimum absolute atomic E-state index is 0.265. The van der Waals surface area contributed by atoms with Crippen molar-refractivity contribution in [2.45, 2.75) is 57.8 Å². The fourth-order valence-corrected chi connectivity index (χ4v) is 6.76. The van der Waals surface area contributed by atoms with Gasteiger partial charge in [-0.05, 0) is 118 Å². The summed E-state index contributed by atoms with van der Waals surface area (Å²) in [5.41, 5.74) is 2.31. The zero-order valence-electron chi connectivity index (χ0n) is 21.1. The molecule has 1 saturated heterocycles. The van der Waals surface area contributed by atoms with E-state index in [9.17, 15) is 9.90 Å². The van der Waals surface area contributed by atoms with Crippen molar-refractivity contribution in [2.24, 2.45) is 11.8 Å². The van der Waals surface area contributed by atoms with Crippen molar-refractivity contribution in [1.82, 2.24) is 9.88 Å². The number of unbranched alkanes of at least 4 members (excludes halogenated alkanes) is 1. The third kappa shape index (κ3) is 7.44. The number of methoxy groups -OCH3 is 1. The summed E-state index contributed by atoms with van der Waals surface area (Å²) in [6.45, 7) is 3.22. The summed E-state index contributed by atoms with van der Waals surface area (Å²) >= 11 is 7.97. The van der Waals surface area contributed by atoms with E-state index in [1.165, 1.54) is 10.4 Å². The Balaban J connectivity index is 1.29. The molecule has 1 aliphatic rings. The first-order valence-corrected chi connectivity index (χ1v) is 14.4. The number of fused-ring (bicyclic) bond motifs is 1. The number of carbonyl (C=O) groups is 1. The van der Waals surface area contributed by atoms with Crippen LogP contribution in [0.3, 0.4) is 0 Å². The minimum Gasteiger partial charge on any atom is -0.497 e. The van der Waals surface area contributed by atoms with Gasteiger partial charge in [-0.2, -0.15) is 0 Å². The lowest BCUT2D eigenvalue weighted by Gasteiger charge is -2.39. The van der Waals surface area contributed by atoms with Crippen molar-refractivity contribution in [3.63, 3.8) is 0 Å². The van der Waals surface area contributed by atoms with Gasteiger partial charge in [-0.1, -0.05) is 11.6 Å². The van der Waals surface area contributed by atoms with Gasteiger partial charge in [0, 0.05) is 29.4 Å². The molecule has 0 amide bonds. The lowest BCUT2D eigenvalue weighted by molar-refractivity contribution is -0.137. The first kappa shape index (κ1) is 26.9. The van der Waals surface area contributed by atoms with Crippen molar-refractivity contribution in [2.75, 3.05) is 26.7 Å². The second-order valence-corrected chi connectivity index (χ2v) is 11.3. The van der Waals surface area contributed by atoms with Crippen molar-refractivity contribution in [1.29, 1.82) is 0 Å². The number of hydrogen-bond donors (Lipinski definition) is 1. The lowest BCUT2D eigenvalue weighted by atomic mass is 9.79. The Bertz CT molecular complexity index is 1130. The van der Waals surface area contributed by atoms with Crippen LogP contribution in [0.4, 0.5) is 0 Å². The SMILES string of the molecule is COc1ccc2nccc(CCC[C@@H]3CCN(CCCCc4sccc4Cl)C[C@@H]3CCC(=O)O)c2c1. The number of carboxylic acid groups (broad SMARTS) is 1. The number of piperidine rings is 1. The summed E-state index contributed by atoms with van der Waals surface area (Å²) in [6.07, 6.45) is 10.7. The van der Waals surface area contributed by atoms with Gasteiger partial charge >= 0.3 is 5.97 Å². The molecule has 1 fully saturated rings. The highest BCUT2D eigenvalue weighted by Crippen LogP contribution is 2.33. The molecule has 0 spiro atoms. The Morgan fingerprint density at radius 3 is 2.83 bits per heavy atom. The number of carboxylic acids is 1. The third-order valence-electron chi connectivity index (χ3n) is 7.58. The molecule has 0 aliphatic carbocycles. The van der Waals surface area contributed by atoms with E-state index in [4.69, 9.17) is 16.3 Å². The summed E-state index contributed by atoms with van der Waals surface area (Å²) < 4.78 is 5.42. The normalized spacial score (nSPS) is 18.5. The van der Waals surface area contributed by atoms with Crippen molar-refractivity contribution in [3.05, 3.63) is 57.4 Å². The van der Waals surface area contributed by atoms with Crippen LogP contribution in [-0.2, 0) is 17.6 Å². The first-order valence-electron chi connectivity index (χ1n) is 13.1. The van der Waals surface area contributed by atoms with E-state index in [1.807, 2.05) is 24.4 Å². The van der Waals surface area contributed by atoms with E-state index >= 15 is 0 Å². The number of benzene rings is 1. The van der Waals surface area contributed by atoms with Gasteiger partial charge < -0.3 is 14.7 Å². The highest BCUT2D eigenvalue weighted by Gasteiger charge is 2.29. The average Bonchev–Trinajstić information content (AvgIpc) is 3.30. The molecule has 3 heterocycles. The van der Waals surface area contributed by atoms with E-state index in [1.54, 1.807) is 18.4 Å². The predicted octanol–water partition coefficient (Wildman–Crippen LogP) is 7.11. The molecule has 194 valence electrons. The number of halogens is 1. The minimum atomic E-state index is -0.684. The Morgan fingerprint density at radius 2 is 2.06 bits per heavy atom. The van der Waals surface area contributed by atoms with Crippen molar-refractivity contribution in [3.8, 4) is 5.75 Å². The van der Waals surface area contributed by atoms with E-state index in [-0.39, 0.29) is 6.42 Å². The maximum Gasteiger partial charge on any atom is 0.303 e. The van der Waals surface area contributed by atoms with Gasteiger partial charge in [-0.25, -0.2) is 0 Å². The molecule has 1 aromatic carbocycles. The molecule has 2 atom stereocenters. The molecule has 5 nitrogen and oxygen atoms in total. The van der Waals surface area contributed by atoms with E-state index in [0.29, 0.717) is 11.8 Å². The smallest absolute Gasteiger partial charge is 0.303 e. The molecule has 3 aromatic rings. The molecule has 1 N–H and O–H groups in total. The van der Waals surface area contributed by atoms with Gasteiger partial charge in [0.25, 0.3) is 0 Å². The molecule has 0 radical (unpaired) electrons. The zero-order chi connectivity index (χ0) is 25.3. The molecular formula is C29H37ClN2O3S. The van der Waals surface area contributed by atoms with Crippen LogP contribution in [0.2, 0.25) is 5.02 Å². The second-order valence-electron chi connectivity index (χ2n) is 9.94. The van der Waals surface area contributed by atoms with Crippen LogP contribution in [0.25, 0.3) is 10.9 Å². The maximum absolute atomic E-state index is 11.3. The van der Waals surface area contributed by atoms with Gasteiger partial charge in [0.2, 0.25) is 0 Å². The number of aryl methyl sites for hydroxylation is 2. The molecule has 0 unspecified atom stereocenters. The van der Waals surface area contributed by atoms with Gasteiger partial charge in [-0.3, -0.25) is 9.78 Å². The van der Waals surface area contributed by atoms with Crippen LogP contribution < -0.4 is 4.74 Å². The first-order chi connectivity index (χ1) is 17.5. The number of likely N-dealkylation sites (tertiary alicyclic amines) is 1. The van der Waals surface area contributed by atoms with E-state index < -0.39 is 5.97 Å². The fourth-order valence-electron chi connectivity index (χ4n) is 5.58. The number of rotatable bonds is 13. The topological polar surface area (TPSA) is 62.7 Å². The summed E-state index contributed by atoms with van der Waals surface area (Å²) in [7, 11) is 1.69. The van der Waals surface area contributed by atoms with E-state index in [0.717, 1.165) is 92.7 Å². The Kier molecular flexibility index (Phi) is 10.0. The molecule has 0 saturated carbocycles.